The summed E-state index contributed by atoms with van der Waals surface area (Å²) in [7, 11) is 0. The van der Waals surface area contributed by atoms with Crippen LogP contribution >= 0.6 is 11.8 Å². The lowest BCUT2D eigenvalue weighted by Gasteiger charge is -2.11. The fourth-order valence-electron chi connectivity index (χ4n) is 1.52. The molecule has 0 aromatic heterocycles. The maximum Gasteiger partial charge on any atom is 0.159 e. The first-order valence-electron chi connectivity index (χ1n) is 5.91. The standard InChI is InChI=1S/C14H20OS/c1-4-12(5-2)10-16-14-8-6-13(7-9-14)11(3)15/h6-9,12H,4-5,10H2,1-3H3. The van der Waals surface area contributed by atoms with Gasteiger partial charge in [0.1, 0.15) is 0 Å². The molecule has 0 aliphatic carbocycles. The Kier molecular flexibility index (Phi) is 5.61. The molecule has 16 heavy (non-hydrogen) atoms. The van der Waals surface area contributed by atoms with E-state index >= 15 is 0 Å². The number of Topliss-reactive ketones (excluding diaryl/α,β-unsaturated/α-hetero) is 1. The first-order valence-corrected chi connectivity index (χ1v) is 6.89. The van der Waals surface area contributed by atoms with Crippen molar-refractivity contribution in [3.63, 3.8) is 0 Å². The highest BCUT2D eigenvalue weighted by atomic mass is 32.2. The van der Waals surface area contributed by atoms with Crippen molar-refractivity contribution in [2.45, 2.75) is 38.5 Å². The van der Waals surface area contributed by atoms with Crippen molar-refractivity contribution in [2.75, 3.05) is 5.75 Å². The summed E-state index contributed by atoms with van der Waals surface area (Å²) < 4.78 is 0. The number of hydrogen-bond donors (Lipinski definition) is 0. The summed E-state index contributed by atoms with van der Waals surface area (Å²) in [5, 5.41) is 0. The topological polar surface area (TPSA) is 17.1 Å². The van der Waals surface area contributed by atoms with Crippen molar-refractivity contribution in [1.82, 2.24) is 0 Å². The second-order valence-electron chi connectivity index (χ2n) is 4.07. The average Bonchev–Trinajstić information content (AvgIpc) is 2.31. The lowest BCUT2D eigenvalue weighted by Crippen LogP contribution is -1.99. The molecule has 0 saturated carbocycles. The monoisotopic (exact) mass is 236 g/mol. The van der Waals surface area contributed by atoms with Gasteiger partial charge in [-0.15, -0.1) is 11.8 Å². The second-order valence-corrected chi connectivity index (χ2v) is 5.17. The summed E-state index contributed by atoms with van der Waals surface area (Å²) in [4.78, 5) is 12.4. The van der Waals surface area contributed by atoms with Gasteiger partial charge in [0.05, 0.1) is 0 Å². The van der Waals surface area contributed by atoms with E-state index in [9.17, 15) is 4.79 Å². The molecule has 0 aliphatic heterocycles. The van der Waals surface area contributed by atoms with Crippen LogP contribution in [0.15, 0.2) is 29.2 Å². The molecular formula is C14H20OS. The fraction of sp³-hybridized carbons (Fsp3) is 0.500. The molecule has 1 aromatic carbocycles. The predicted molar refractivity (Wildman–Crippen MR) is 71.2 cm³/mol. The van der Waals surface area contributed by atoms with Crippen LogP contribution in [0.1, 0.15) is 44.0 Å². The molecule has 0 amide bonds. The van der Waals surface area contributed by atoms with Crippen LogP contribution in [0.3, 0.4) is 0 Å². The molecule has 0 aliphatic rings. The Labute approximate surface area is 103 Å². The van der Waals surface area contributed by atoms with Gasteiger partial charge >= 0.3 is 0 Å². The first-order chi connectivity index (χ1) is 7.67. The summed E-state index contributed by atoms with van der Waals surface area (Å²) in [5.74, 6) is 2.11. The lowest BCUT2D eigenvalue weighted by atomic mass is 10.1. The Hall–Kier alpha value is -0.760. The third kappa shape index (κ3) is 4.01. The second kappa shape index (κ2) is 6.74. The first kappa shape index (κ1) is 13.3. The Balaban J connectivity index is 2.52. The van der Waals surface area contributed by atoms with E-state index in [2.05, 4.69) is 13.8 Å². The number of thioether (sulfide) groups is 1. The Morgan fingerprint density at radius 3 is 2.19 bits per heavy atom. The Morgan fingerprint density at radius 2 is 1.75 bits per heavy atom. The molecule has 1 aromatic rings. The van der Waals surface area contributed by atoms with Crippen LogP contribution in [0, 0.1) is 5.92 Å². The normalized spacial score (nSPS) is 10.8. The van der Waals surface area contributed by atoms with Gasteiger partial charge in [-0.2, -0.15) is 0 Å². The van der Waals surface area contributed by atoms with Crippen LogP contribution in [-0.4, -0.2) is 11.5 Å². The maximum atomic E-state index is 11.1. The lowest BCUT2D eigenvalue weighted by molar-refractivity contribution is 0.101. The summed E-state index contributed by atoms with van der Waals surface area (Å²) in [6, 6.07) is 7.92. The highest BCUT2D eigenvalue weighted by Gasteiger charge is 2.04. The van der Waals surface area contributed by atoms with E-state index in [1.807, 2.05) is 36.0 Å². The zero-order valence-electron chi connectivity index (χ0n) is 10.3. The molecule has 0 saturated heterocycles. The zero-order chi connectivity index (χ0) is 12.0. The minimum Gasteiger partial charge on any atom is -0.295 e. The average molecular weight is 236 g/mol. The number of carbonyl (C=O) groups excluding carboxylic acids is 1. The summed E-state index contributed by atoms with van der Waals surface area (Å²) in [6.07, 6.45) is 2.49. The van der Waals surface area contributed by atoms with Crippen molar-refractivity contribution >= 4 is 17.5 Å². The van der Waals surface area contributed by atoms with E-state index in [-0.39, 0.29) is 5.78 Å². The van der Waals surface area contributed by atoms with E-state index < -0.39 is 0 Å². The van der Waals surface area contributed by atoms with E-state index in [4.69, 9.17) is 0 Å². The third-order valence-electron chi connectivity index (χ3n) is 2.90. The molecule has 0 heterocycles. The van der Waals surface area contributed by atoms with Gasteiger partial charge in [-0.1, -0.05) is 38.8 Å². The molecule has 1 rings (SSSR count). The molecule has 0 spiro atoms. The molecule has 88 valence electrons. The van der Waals surface area contributed by atoms with Crippen LogP contribution in [-0.2, 0) is 0 Å². The van der Waals surface area contributed by atoms with E-state index in [0.717, 1.165) is 11.5 Å². The molecule has 0 radical (unpaired) electrons. The Bertz CT molecular complexity index is 325. The molecule has 0 fully saturated rings. The molecular weight excluding hydrogens is 216 g/mol. The van der Waals surface area contributed by atoms with Gasteiger partial charge in [0.15, 0.2) is 5.78 Å². The van der Waals surface area contributed by atoms with E-state index in [0.29, 0.717) is 0 Å². The van der Waals surface area contributed by atoms with Crippen LogP contribution in [0.2, 0.25) is 0 Å². The van der Waals surface area contributed by atoms with Gasteiger partial charge < -0.3 is 0 Å². The highest BCUT2D eigenvalue weighted by Crippen LogP contribution is 2.23. The zero-order valence-corrected chi connectivity index (χ0v) is 11.1. The van der Waals surface area contributed by atoms with Gasteiger partial charge in [0.25, 0.3) is 0 Å². The number of rotatable bonds is 6. The van der Waals surface area contributed by atoms with Crippen LogP contribution in [0.25, 0.3) is 0 Å². The molecule has 1 nitrogen and oxygen atoms in total. The molecule has 0 atom stereocenters. The fourth-order valence-corrected chi connectivity index (χ4v) is 2.75. The van der Waals surface area contributed by atoms with Crippen molar-refractivity contribution in [3.8, 4) is 0 Å². The SMILES string of the molecule is CCC(CC)CSc1ccc(C(C)=O)cc1. The van der Waals surface area contributed by atoms with Crippen molar-refractivity contribution in [2.24, 2.45) is 5.92 Å². The van der Waals surface area contributed by atoms with E-state index in [1.54, 1.807) is 6.92 Å². The van der Waals surface area contributed by atoms with Crippen molar-refractivity contribution in [3.05, 3.63) is 29.8 Å². The molecule has 0 bridgehead atoms. The van der Waals surface area contributed by atoms with Gasteiger partial charge in [-0.3, -0.25) is 4.79 Å². The highest BCUT2D eigenvalue weighted by molar-refractivity contribution is 7.99. The van der Waals surface area contributed by atoms with Crippen LogP contribution < -0.4 is 0 Å². The predicted octanol–water partition coefficient (Wildman–Crippen LogP) is 4.42. The summed E-state index contributed by atoms with van der Waals surface area (Å²) in [6.45, 7) is 6.09. The minimum atomic E-state index is 0.136. The summed E-state index contributed by atoms with van der Waals surface area (Å²) >= 11 is 1.89. The third-order valence-corrected chi connectivity index (χ3v) is 4.14. The van der Waals surface area contributed by atoms with Gasteiger partial charge in [-0.05, 0) is 25.0 Å². The maximum absolute atomic E-state index is 11.1. The van der Waals surface area contributed by atoms with Gasteiger partial charge in [-0.25, -0.2) is 0 Å². The van der Waals surface area contributed by atoms with E-state index in [1.165, 1.54) is 23.5 Å². The van der Waals surface area contributed by atoms with Crippen molar-refractivity contribution < 1.29 is 4.79 Å². The molecule has 2 heteroatoms. The number of benzene rings is 1. The quantitative estimate of drug-likeness (QED) is 0.537. The largest absolute Gasteiger partial charge is 0.295 e. The number of carbonyl (C=O) groups is 1. The minimum absolute atomic E-state index is 0.136. The molecule has 0 N–H and O–H groups in total. The van der Waals surface area contributed by atoms with Gasteiger partial charge in [0.2, 0.25) is 0 Å². The number of hydrogen-bond acceptors (Lipinski definition) is 2. The number of ketones is 1. The van der Waals surface area contributed by atoms with Crippen molar-refractivity contribution in [1.29, 1.82) is 0 Å². The van der Waals surface area contributed by atoms with Crippen LogP contribution in [0.4, 0.5) is 0 Å². The molecule has 0 unspecified atom stereocenters. The van der Waals surface area contributed by atoms with Crippen LogP contribution in [0.5, 0.6) is 0 Å². The Morgan fingerprint density at radius 1 is 1.19 bits per heavy atom. The summed E-state index contributed by atoms with van der Waals surface area (Å²) in [5.41, 5.74) is 0.798. The smallest absolute Gasteiger partial charge is 0.159 e. The van der Waals surface area contributed by atoms with Gasteiger partial charge in [0, 0.05) is 16.2 Å².